The highest BCUT2D eigenvalue weighted by Crippen LogP contribution is 2.26. The lowest BCUT2D eigenvalue weighted by atomic mass is 10.2. The lowest BCUT2D eigenvalue weighted by molar-refractivity contribution is 0.271. The quantitative estimate of drug-likeness (QED) is 0.575. The molecule has 0 radical (unpaired) electrons. The van der Waals surface area contributed by atoms with Crippen LogP contribution in [0.4, 0.5) is 0 Å². The van der Waals surface area contributed by atoms with Gasteiger partial charge in [0.15, 0.2) is 5.65 Å². The summed E-state index contributed by atoms with van der Waals surface area (Å²) in [5.41, 5.74) is 2.02. The van der Waals surface area contributed by atoms with E-state index in [9.17, 15) is 0 Å². The van der Waals surface area contributed by atoms with Crippen molar-refractivity contribution in [3.05, 3.63) is 48.4 Å². The Hall–Kier alpha value is -1.92. The molecule has 0 bridgehead atoms. The molecule has 0 spiro atoms. The second-order valence-electron chi connectivity index (χ2n) is 4.28. The molecule has 0 amide bonds. The van der Waals surface area contributed by atoms with Gasteiger partial charge in [-0.15, -0.1) is 11.8 Å². The lowest BCUT2D eigenvalue weighted by Crippen LogP contribution is -2.04. The molecule has 0 atom stereocenters. The van der Waals surface area contributed by atoms with Gasteiger partial charge in [0.2, 0.25) is 0 Å². The van der Waals surface area contributed by atoms with Crippen LogP contribution in [0.3, 0.4) is 0 Å². The van der Waals surface area contributed by atoms with Crippen molar-refractivity contribution in [2.45, 2.75) is 17.3 Å². The fraction of sp³-hybridized carbons (Fsp3) is 0.214. The van der Waals surface area contributed by atoms with Crippen LogP contribution in [0.1, 0.15) is 5.56 Å². The first-order valence-corrected chi connectivity index (χ1v) is 7.31. The predicted molar refractivity (Wildman–Crippen MR) is 78.4 cm³/mol. The summed E-state index contributed by atoms with van der Waals surface area (Å²) in [7, 11) is 0. The van der Waals surface area contributed by atoms with Gasteiger partial charge in [0.1, 0.15) is 11.4 Å². The summed E-state index contributed by atoms with van der Waals surface area (Å²) in [5, 5.41) is 15.1. The first-order valence-electron chi connectivity index (χ1n) is 6.32. The van der Waals surface area contributed by atoms with E-state index in [4.69, 9.17) is 5.11 Å². The second-order valence-corrected chi connectivity index (χ2v) is 5.25. The molecule has 0 saturated heterocycles. The van der Waals surface area contributed by atoms with Crippen molar-refractivity contribution in [1.82, 2.24) is 19.7 Å². The molecule has 0 saturated carbocycles. The van der Waals surface area contributed by atoms with Crippen LogP contribution in [0, 0.1) is 0 Å². The summed E-state index contributed by atoms with van der Waals surface area (Å²) >= 11 is 1.67. The van der Waals surface area contributed by atoms with E-state index in [0.717, 1.165) is 21.8 Å². The van der Waals surface area contributed by atoms with Crippen molar-refractivity contribution in [2.75, 3.05) is 6.61 Å². The Morgan fingerprint density at radius 2 is 2.00 bits per heavy atom. The van der Waals surface area contributed by atoms with Crippen molar-refractivity contribution in [1.29, 1.82) is 0 Å². The summed E-state index contributed by atoms with van der Waals surface area (Å²) in [4.78, 5) is 8.57. The third kappa shape index (κ3) is 2.66. The number of hydrogen-bond acceptors (Lipinski definition) is 5. The summed E-state index contributed by atoms with van der Waals surface area (Å²) < 4.78 is 1.70. The van der Waals surface area contributed by atoms with Gasteiger partial charge in [-0.05, 0) is 5.56 Å². The van der Waals surface area contributed by atoms with Crippen LogP contribution in [0.2, 0.25) is 0 Å². The Labute approximate surface area is 120 Å². The van der Waals surface area contributed by atoms with E-state index in [1.165, 1.54) is 5.56 Å². The molecular formula is C14H14N4OS. The molecule has 0 fully saturated rings. The predicted octanol–water partition coefficient (Wildman–Crippen LogP) is 2.11. The van der Waals surface area contributed by atoms with Gasteiger partial charge in [0, 0.05) is 5.75 Å². The number of aromatic nitrogens is 4. The summed E-state index contributed by atoms with van der Waals surface area (Å²) in [5.74, 6) is 0.859. The highest BCUT2D eigenvalue weighted by Gasteiger charge is 2.09. The summed E-state index contributed by atoms with van der Waals surface area (Å²) in [6, 6.07) is 10.3. The van der Waals surface area contributed by atoms with E-state index in [0.29, 0.717) is 6.54 Å². The lowest BCUT2D eigenvalue weighted by Gasteiger charge is -2.03. The smallest absolute Gasteiger partial charge is 0.162 e. The van der Waals surface area contributed by atoms with Gasteiger partial charge in [0.25, 0.3) is 0 Å². The molecular weight excluding hydrogens is 272 g/mol. The van der Waals surface area contributed by atoms with Gasteiger partial charge in [-0.25, -0.2) is 14.6 Å². The normalized spacial score (nSPS) is 11.1. The molecule has 2 heterocycles. The highest BCUT2D eigenvalue weighted by molar-refractivity contribution is 7.98. The van der Waals surface area contributed by atoms with Crippen LogP contribution in [-0.4, -0.2) is 31.5 Å². The van der Waals surface area contributed by atoms with Crippen LogP contribution in [0.15, 0.2) is 47.9 Å². The van der Waals surface area contributed by atoms with Gasteiger partial charge in [0.05, 0.1) is 24.7 Å². The fourth-order valence-electron chi connectivity index (χ4n) is 1.97. The molecule has 3 aromatic rings. The Kier molecular flexibility index (Phi) is 3.94. The van der Waals surface area contributed by atoms with Gasteiger partial charge >= 0.3 is 0 Å². The Bertz CT molecular complexity index is 699. The van der Waals surface area contributed by atoms with Crippen LogP contribution in [0.5, 0.6) is 0 Å². The Balaban J connectivity index is 1.85. The zero-order chi connectivity index (χ0) is 13.8. The van der Waals surface area contributed by atoms with E-state index in [1.807, 2.05) is 18.2 Å². The van der Waals surface area contributed by atoms with E-state index in [1.54, 1.807) is 29.0 Å². The monoisotopic (exact) mass is 286 g/mol. The number of rotatable bonds is 5. The third-order valence-corrected chi connectivity index (χ3v) is 4.00. The molecule has 3 rings (SSSR count). The van der Waals surface area contributed by atoms with Gasteiger partial charge in [-0.1, -0.05) is 30.3 Å². The summed E-state index contributed by atoms with van der Waals surface area (Å²) in [6.07, 6.45) is 3.31. The molecule has 1 aromatic carbocycles. The number of benzene rings is 1. The Morgan fingerprint density at radius 3 is 2.80 bits per heavy atom. The second kappa shape index (κ2) is 6.02. The number of thioether (sulfide) groups is 1. The molecule has 0 aliphatic carbocycles. The molecule has 102 valence electrons. The average molecular weight is 286 g/mol. The Morgan fingerprint density at radius 1 is 1.15 bits per heavy atom. The van der Waals surface area contributed by atoms with E-state index in [-0.39, 0.29) is 6.61 Å². The van der Waals surface area contributed by atoms with Gasteiger partial charge in [-0.3, -0.25) is 0 Å². The fourth-order valence-corrected chi connectivity index (χ4v) is 2.89. The number of aliphatic hydroxyl groups excluding tert-OH is 1. The minimum absolute atomic E-state index is 0.0489. The van der Waals surface area contributed by atoms with Crippen LogP contribution in [-0.2, 0) is 12.3 Å². The first kappa shape index (κ1) is 13.1. The molecule has 0 aliphatic heterocycles. The van der Waals surface area contributed by atoms with Gasteiger partial charge < -0.3 is 5.11 Å². The number of aliphatic hydroxyl groups is 1. The maximum atomic E-state index is 9.01. The van der Waals surface area contributed by atoms with E-state index in [2.05, 4.69) is 27.2 Å². The minimum Gasteiger partial charge on any atom is -0.394 e. The summed E-state index contributed by atoms with van der Waals surface area (Å²) in [6.45, 7) is 0.497. The van der Waals surface area contributed by atoms with E-state index >= 15 is 0 Å². The topological polar surface area (TPSA) is 63.8 Å². The molecule has 2 aromatic heterocycles. The van der Waals surface area contributed by atoms with Crippen molar-refractivity contribution in [2.24, 2.45) is 0 Å². The highest BCUT2D eigenvalue weighted by atomic mass is 32.2. The van der Waals surface area contributed by atoms with E-state index < -0.39 is 0 Å². The SMILES string of the molecule is OCCn1ncc2c(SCc3ccccc3)ncnc21. The molecule has 1 N–H and O–H groups in total. The largest absolute Gasteiger partial charge is 0.394 e. The van der Waals surface area contributed by atoms with Crippen molar-refractivity contribution >= 4 is 22.8 Å². The molecule has 0 aliphatic rings. The average Bonchev–Trinajstić information content (AvgIpc) is 2.91. The van der Waals surface area contributed by atoms with Crippen molar-refractivity contribution in [3.8, 4) is 0 Å². The first-order chi connectivity index (χ1) is 9.88. The zero-order valence-electron chi connectivity index (χ0n) is 10.8. The maximum Gasteiger partial charge on any atom is 0.162 e. The van der Waals surface area contributed by atoms with Crippen LogP contribution < -0.4 is 0 Å². The van der Waals surface area contributed by atoms with Crippen LogP contribution >= 0.6 is 11.8 Å². The zero-order valence-corrected chi connectivity index (χ0v) is 11.6. The van der Waals surface area contributed by atoms with Crippen LogP contribution in [0.25, 0.3) is 11.0 Å². The third-order valence-electron chi connectivity index (χ3n) is 2.93. The van der Waals surface area contributed by atoms with Crippen molar-refractivity contribution < 1.29 is 5.11 Å². The molecule has 0 unspecified atom stereocenters. The molecule has 6 heteroatoms. The number of nitrogens with zero attached hydrogens (tertiary/aromatic N) is 4. The maximum absolute atomic E-state index is 9.01. The van der Waals surface area contributed by atoms with Crippen molar-refractivity contribution in [3.63, 3.8) is 0 Å². The molecule has 20 heavy (non-hydrogen) atoms. The number of hydrogen-bond donors (Lipinski definition) is 1. The number of fused-ring (bicyclic) bond motifs is 1. The minimum atomic E-state index is 0.0489. The molecule has 5 nitrogen and oxygen atoms in total. The standard InChI is InChI=1S/C14H14N4OS/c19-7-6-18-13-12(8-17-18)14(16-10-15-13)20-9-11-4-2-1-3-5-11/h1-5,8,10,19H,6-7,9H2. The van der Waals surface area contributed by atoms with Gasteiger partial charge in [-0.2, -0.15) is 5.10 Å².